The minimum atomic E-state index is -0.0523. The Morgan fingerprint density at radius 1 is 1.08 bits per heavy atom. The number of hydrogen-bond donors (Lipinski definition) is 0. The molecule has 0 heterocycles. The molecule has 0 amide bonds. The minimum Gasteiger partial charge on any atom is -0.375 e. The quantitative estimate of drug-likeness (QED) is 0.615. The standard InChI is InChI=1S/C11H22O2/c1-10(2)12-8-6-7-9-13-11(3,4)5/h6-7,10H,8-9H2,1-5H3/b7-6-. The zero-order valence-corrected chi connectivity index (χ0v) is 9.46. The Labute approximate surface area is 81.9 Å². The maximum Gasteiger partial charge on any atom is 0.0655 e. The molecule has 0 aromatic carbocycles. The van der Waals surface area contributed by atoms with Crippen LogP contribution in [0, 0.1) is 0 Å². The molecule has 2 nitrogen and oxygen atoms in total. The second-order valence-corrected chi connectivity index (χ2v) is 4.28. The van der Waals surface area contributed by atoms with E-state index in [1.54, 1.807) is 0 Å². The summed E-state index contributed by atoms with van der Waals surface area (Å²) in [5.41, 5.74) is -0.0523. The van der Waals surface area contributed by atoms with Gasteiger partial charge in [-0.05, 0) is 34.6 Å². The van der Waals surface area contributed by atoms with Gasteiger partial charge in [-0.25, -0.2) is 0 Å². The van der Waals surface area contributed by atoms with Gasteiger partial charge in [0.05, 0.1) is 24.9 Å². The second kappa shape index (κ2) is 6.17. The van der Waals surface area contributed by atoms with E-state index in [0.29, 0.717) is 19.3 Å². The van der Waals surface area contributed by atoms with E-state index in [1.807, 2.05) is 46.8 Å². The Kier molecular flexibility index (Phi) is 6.00. The molecule has 78 valence electrons. The van der Waals surface area contributed by atoms with E-state index in [-0.39, 0.29) is 5.60 Å². The Hall–Kier alpha value is -0.340. The van der Waals surface area contributed by atoms with Crippen molar-refractivity contribution < 1.29 is 9.47 Å². The number of hydrogen-bond acceptors (Lipinski definition) is 2. The van der Waals surface area contributed by atoms with E-state index >= 15 is 0 Å². The van der Waals surface area contributed by atoms with Gasteiger partial charge >= 0.3 is 0 Å². The first kappa shape index (κ1) is 12.7. The van der Waals surface area contributed by atoms with Crippen molar-refractivity contribution in [1.29, 1.82) is 0 Å². The van der Waals surface area contributed by atoms with Crippen LogP contribution in [0.4, 0.5) is 0 Å². The van der Waals surface area contributed by atoms with Crippen LogP contribution in [0.2, 0.25) is 0 Å². The third kappa shape index (κ3) is 11.7. The lowest BCUT2D eigenvalue weighted by atomic mass is 10.2. The molecular weight excluding hydrogens is 164 g/mol. The van der Waals surface area contributed by atoms with Crippen LogP contribution in [-0.2, 0) is 9.47 Å². The van der Waals surface area contributed by atoms with E-state index in [2.05, 4.69) is 0 Å². The lowest BCUT2D eigenvalue weighted by Crippen LogP contribution is -2.18. The summed E-state index contributed by atoms with van der Waals surface area (Å²) in [5, 5.41) is 0. The minimum absolute atomic E-state index is 0.0523. The molecule has 0 aromatic heterocycles. The van der Waals surface area contributed by atoms with Gasteiger partial charge in [-0.15, -0.1) is 0 Å². The van der Waals surface area contributed by atoms with Gasteiger partial charge in [0.25, 0.3) is 0 Å². The molecule has 0 aliphatic rings. The van der Waals surface area contributed by atoms with Gasteiger partial charge in [0.2, 0.25) is 0 Å². The molecule has 0 radical (unpaired) electrons. The van der Waals surface area contributed by atoms with Crippen molar-refractivity contribution in [2.24, 2.45) is 0 Å². The zero-order valence-electron chi connectivity index (χ0n) is 9.46. The van der Waals surface area contributed by atoms with Gasteiger partial charge in [0, 0.05) is 0 Å². The average Bonchev–Trinajstić information content (AvgIpc) is 1.93. The Morgan fingerprint density at radius 3 is 2.08 bits per heavy atom. The predicted molar refractivity (Wildman–Crippen MR) is 55.9 cm³/mol. The van der Waals surface area contributed by atoms with Crippen molar-refractivity contribution in [3.8, 4) is 0 Å². The van der Waals surface area contributed by atoms with Crippen molar-refractivity contribution in [3.63, 3.8) is 0 Å². The van der Waals surface area contributed by atoms with Crippen LogP contribution in [0.15, 0.2) is 12.2 Å². The summed E-state index contributed by atoms with van der Waals surface area (Å²) in [6, 6.07) is 0. The molecule has 0 spiro atoms. The molecule has 0 saturated heterocycles. The molecular formula is C11H22O2. The summed E-state index contributed by atoms with van der Waals surface area (Å²) in [4.78, 5) is 0. The molecule has 0 rings (SSSR count). The van der Waals surface area contributed by atoms with Crippen molar-refractivity contribution in [2.45, 2.75) is 46.3 Å². The average molecular weight is 186 g/mol. The highest BCUT2D eigenvalue weighted by Crippen LogP contribution is 2.05. The number of rotatable bonds is 5. The van der Waals surface area contributed by atoms with E-state index in [9.17, 15) is 0 Å². The molecule has 0 aliphatic carbocycles. The predicted octanol–water partition coefficient (Wildman–Crippen LogP) is 2.78. The molecule has 2 heteroatoms. The van der Waals surface area contributed by atoms with Crippen LogP contribution in [0.5, 0.6) is 0 Å². The smallest absolute Gasteiger partial charge is 0.0655 e. The monoisotopic (exact) mass is 186 g/mol. The number of ether oxygens (including phenoxy) is 2. The summed E-state index contributed by atoms with van der Waals surface area (Å²) < 4.78 is 10.8. The normalized spacial score (nSPS) is 13.1. The molecule has 0 unspecified atom stereocenters. The maximum atomic E-state index is 5.49. The summed E-state index contributed by atoms with van der Waals surface area (Å²) in [7, 11) is 0. The zero-order chi connectivity index (χ0) is 10.3. The van der Waals surface area contributed by atoms with Crippen LogP contribution in [-0.4, -0.2) is 24.9 Å². The fourth-order valence-corrected chi connectivity index (χ4v) is 0.682. The van der Waals surface area contributed by atoms with Crippen LogP contribution >= 0.6 is 0 Å². The topological polar surface area (TPSA) is 18.5 Å². The lowest BCUT2D eigenvalue weighted by molar-refractivity contribution is 0.0145. The highest BCUT2D eigenvalue weighted by molar-refractivity contribution is 4.82. The summed E-state index contributed by atoms with van der Waals surface area (Å²) in [6.45, 7) is 11.5. The SMILES string of the molecule is CC(C)OC/C=C\COC(C)(C)C. The maximum absolute atomic E-state index is 5.49. The Balaban J connectivity index is 3.32. The van der Waals surface area contributed by atoms with Crippen LogP contribution in [0.3, 0.4) is 0 Å². The Morgan fingerprint density at radius 2 is 1.62 bits per heavy atom. The summed E-state index contributed by atoms with van der Waals surface area (Å²) in [6.07, 6.45) is 4.28. The largest absolute Gasteiger partial charge is 0.375 e. The van der Waals surface area contributed by atoms with Crippen molar-refractivity contribution in [1.82, 2.24) is 0 Å². The van der Waals surface area contributed by atoms with Crippen LogP contribution in [0.1, 0.15) is 34.6 Å². The highest BCUT2D eigenvalue weighted by Gasteiger charge is 2.07. The summed E-state index contributed by atoms with van der Waals surface area (Å²) >= 11 is 0. The van der Waals surface area contributed by atoms with Crippen molar-refractivity contribution >= 4 is 0 Å². The third-order valence-electron chi connectivity index (χ3n) is 1.31. The van der Waals surface area contributed by atoms with Crippen molar-refractivity contribution in [3.05, 3.63) is 12.2 Å². The third-order valence-corrected chi connectivity index (χ3v) is 1.31. The molecule has 0 bridgehead atoms. The molecule has 0 aromatic rings. The van der Waals surface area contributed by atoms with Gasteiger partial charge in [0.1, 0.15) is 0 Å². The molecule has 13 heavy (non-hydrogen) atoms. The lowest BCUT2D eigenvalue weighted by Gasteiger charge is -2.17. The second-order valence-electron chi connectivity index (χ2n) is 4.28. The fourth-order valence-electron chi connectivity index (χ4n) is 0.682. The van der Waals surface area contributed by atoms with E-state index in [1.165, 1.54) is 0 Å². The van der Waals surface area contributed by atoms with Gasteiger partial charge in [-0.2, -0.15) is 0 Å². The van der Waals surface area contributed by atoms with Crippen LogP contribution in [0.25, 0.3) is 0 Å². The fraction of sp³-hybridized carbons (Fsp3) is 0.818. The first-order chi connectivity index (χ1) is 5.92. The molecule has 0 saturated carbocycles. The first-order valence-corrected chi connectivity index (χ1v) is 4.82. The van der Waals surface area contributed by atoms with Gasteiger partial charge < -0.3 is 9.47 Å². The van der Waals surface area contributed by atoms with Gasteiger partial charge in [0.15, 0.2) is 0 Å². The summed E-state index contributed by atoms with van der Waals surface area (Å²) in [5.74, 6) is 0. The van der Waals surface area contributed by atoms with E-state index in [0.717, 1.165) is 0 Å². The van der Waals surface area contributed by atoms with E-state index < -0.39 is 0 Å². The Bertz CT molecular complexity index is 143. The van der Waals surface area contributed by atoms with E-state index in [4.69, 9.17) is 9.47 Å². The molecule has 0 N–H and O–H groups in total. The first-order valence-electron chi connectivity index (χ1n) is 4.82. The molecule has 0 aliphatic heterocycles. The molecule has 0 atom stereocenters. The highest BCUT2D eigenvalue weighted by atomic mass is 16.5. The van der Waals surface area contributed by atoms with Crippen LogP contribution < -0.4 is 0 Å². The van der Waals surface area contributed by atoms with Gasteiger partial charge in [-0.1, -0.05) is 12.2 Å². The van der Waals surface area contributed by atoms with Crippen molar-refractivity contribution in [2.75, 3.05) is 13.2 Å². The van der Waals surface area contributed by atoms with Gasteiger partial charge in [-0.3, -0.25) is 0 Å². The molecule has 0 fully saturated rings.